The molecule has 0 spiro atoms. The number of aliphatic imine (C=N–C) groups is 1. The summed E-state index contributed by atoms with van der Waals surface area (Å²) in [6, 6.07) is 8.36. The normalized spacial score (nSPS) is 20.1. The Morgan fingerprint density at radius 1 is 1.24 bits per heavy atom. The monoisotopic (exact) mass is 419 g/mol. The molecule has 1 aromatic carbocycles. The fourth-order valence-electron chi connectivity index (χ4n) is 3.34. The second-order valence-corrected chi connectivity index (χ2v) is 6.30. The Bertz CT molecular complexity index is 498. The minimum atomic E-state index is 0. The minimum absolute atomic E-state index is 0. The standard InChI is InChI=1S/C16H22ClN3.HI/c17-14-6-3-5-13(11-14)16(7-1-2-8-16)12-20-15-18-9-4-10-19-15;/h3,5-6,11H,1-2,4,7-10,12H2,(H2,18,19,20);1H. The van der Waals surface area contributed by atoms with Gasteiger partial charge in [0, 0.05) is 30.1 Å². The average molecular weight is 420 g/mol. The van der Waals surface area contributed by atoms with Crippen LogP contribution in [-0.4, -0.2) is 25.6 Å². The molecule has 2 N–H and O–H groups in total. The van der Waals surface area contributed by atoms with Gasteiger partial charge < -0.3 is 10.6 Å². The third-order valence-electron chi connectivity index (χ3n) is 4.49. The van der Waals surface area contributed by atoms with Gasteiger partial charge in [-0.05, 0) is 37.0 Å². The molecule has 21 heavy (non-hydrogen) atoms. The van der Waals surface area contributed by atoms with Crippen LogP contribution in [0.25, 0.3) is 0 Å². The quantitative estimate of drug-likeness (QED) is 0.733. The van der Waals surface area contributed by atoms with Crippen LogP contribution in [0, 0.1) is 0 Å². The van der Waals surface area contributed by atoms with Crippen molar-refractivity contribution >= 4 is 41.5 Å². The van der Waals surface area contributed by atoms with Gasteiger partial charge in [-0.15, -0.1) is 24.0 Å². The Hall–Kier alpha value is -0.490. The van der Waals surface area contributed by atoms with Crippen molar-refractivity contribution in [3.8, 4) is 0 Å². The Balaban J connectivity index is 0.00000161. The number of benzene rings is 1. The molecule has 1 heterocycles. The number of rotatable bonds is 3. The maximum absolute atomic E-state index is 6.18. The van der Waals surface area contributed by atoms with E-state index in [2.05, 4.69) is 33.8 Å². The van der Waals surface area contributed by atoms with Gasteiger partial charge >= 0.3 is 0 Å². The lowest BCUT2D eigenvalue weighted by Gasteiger charge is -2.31. The maximum atomic E-state index is 6.18. The van der Waals surface area contributed by atoms with Crippen molar-refractivity contribution in [2.24, 2.45) is 4.99 Å². The predicted molar refractivity (Wildman–Crippen MR) is 99.9 cm³/mol. The molecule has 0 saturated heterocycles. The highest BCUT2D eigenvalue weighted by atomic mass is 127. The first-order valence-electron chi connectivity index (χ1n) is 7.57. The molecule has 2 aliphatic rings. The van der Waals surface area contributed by atoms with E-state index in [-0.39, 0.29) is 29.4 Å². The molecule has 3 rings (SSSR count). The highest BCUT2D eigenvalue weighted by Crippen LogP contribution is 2.41. The van der Waals surface area contributed by atoms with Crippen LogP contribution in [0.3, 0.4) is 0 Å². The lowest BCUT2D eigenvalue weighted by atomic mass is 9.79. The molecular weight excluding hydrogens is 397 g/mol. The van der Waals surface area contributed by atoms with Crippen molar-refractivity contribution in [3.63, 3.8) is 0 Å². The van der Waals surface area contributed by atoms with Gasteiger partial charge in [0.05, 0.1) is 0 Å². The topological polar surface area (TPSA) is 36.4 Å². The number of guanidine groups is 1. The van der Waals surface area contributed by atoms with E-state index < -0.39 is 0 Å². The number of hydrogen-bond acceptors (Lipinski definition) is 3. The van der Waals surface area contributed by atoms with E-state index in [1.54, 1.807) is 0 Å². The molecule has 0 radical (unpaired) electrons. The molecule has 0 bridgehead atoms. The van der Waals surface area contributed by atoms with Gasteiger partial charge in [-0.25, -0.2) is 0 Å². The Kier molecular flexibility index (Phi) is 6.17. The van der Waals surface area contributed by atoms with E-state index >= 15 is 0 Å². The molecule has 0 aromatic heterocycles. The summed E-state index contributed by atoms with van der Waals surface area (Å²) in [4.78, 5) is 4.50. The zero-order valence-electron chi connectivity index (χ0n) is 12.2. The van der Waals surface area contributed by atoms with Gasteiger partial charge in [-0.1, -0.05) is 36.6 Å². The molecule has 1 aliphatic heterocycles. The second-order valence-electron chi connectivity index (χ2n) is 5.86. The molecule has 1 aromatic rings. The van der Waals surface area contributed by atoms with Crippen molar-refractivity contribution in [1.82, 2.24) is 10.6 Å². The van der Waals surface area contributed by atoms with Crippen molar-refractivity contribution in [3.05, 3.63) is 34.9 Å². The van der Waals surface area contributed by atoms with Gasteiger partial charge in [0.25, 0.3) is 0 Å². The van der Waals surface area contributed by atoms with E-state index in [1.807, 2.05) is 6.07 Å². The molecule has 0 unspecified atom stereocenters. The summed E-state index contributed by atoms with van der Waals surface area (Å²) in [6.45, 7) is 2.90. The highest BCUT2D eigenvalue weighted by molar-refractivity contribution is 14.0. The molecule has 0 atom stereocenters. The molecule has 0 amide bonds. The number of nitrogens with one attached hydrogen (secondary N) is 2. The van der Waals surface area contributed by atoms with E-state index in [9.17, 15) is 0 Å². The summed E-state index contributed by atoms with van der Waals surface area (Å²) in [5.74, 6) is 0.963. The van der Waals surface area contributed by atoms with Crippen LogP contribution in [-0.2, 0) is 5.41 Å². The van der Waals surface area contributed by atoms with Gasteiger partial charge in [0.1, 0.15) is 0 Å². The molecule has 1 saturated carbocycles. The van der Waals surface area contributed by atoms with Crippen LogP contribution in [0.2, 0.25) is 5.02 Å². The third kappa shape index (κ3) is 4.03. The zero-order chi connectivity index (χ0) is 13.8. The molecule has 5 heteroatoms. The number of hydrogen-bond donors (Lipinski definition) is 2. The summed E-state index contributed by atoms with van der Waals surface area (Å²) < 4.78 is 0. The van der Waals surface area contributed by atoms with Crippen LogP contribution in [0.15, 0.2) is 29.3 Å². The van der Waals surface area contributed by atoms with Gasteiger partial charge in [-0.2, -0.15) is 0 Å². The van der Waals surface area contributed by atoms with Gasteiger partial charge in [0.2, 0.25) is 0 Å². The van der Waals surface area contributed by atoms with Crippen molar-refractivity contribution in [1.29, 1.82) is 0 Å². The van der Waals surface area contributed by atoms with E-state index in [0.717, 1.165) is 37.0 Å². The van der Waals surface area contributed by atoms with Crippen LogP contribution < -0.4 is 10.6 Å². The van der Waals surface area contributed by atoms with E-state index in [0.29, 0.717) is 0 Å². The van der Waals surface area contributed by atoms with Crippen LogP contribution in [0.5, 0.6) is 0 Å². The van der Waals surface area contributed by atoms with Crippen LogP contribution >= 0.6 is 35.6 Å². The van der Waals surface area contributed by atoms with Crippen LogP contribution in [0.1, 0.15) is 37.7 Å². The Morgan fingerprint density at radius 2 is 2.05 bits per heavy atom. The first-order valence-corrected chi connectivity index (χ1v) is 7.95. The lowest BCUT2D eigenvalue weighted by molar-refractivity contribution is 0.430. The molecule has 116 valence electrons. The van der Waals surface area contributed by atoms with E-state index in [4.69, 9.17) is 11.6 Å². The van der Waals surface area contributed by atoms with Gasteiger partial charge in [-0.3, -0.25) is 4.99 Å². The Morgan fingerprint density at radius 3 is 2.71 bits per heavy atom. The smallest absolute Gasteiger partial charge is 0.191 e. The van der Waals surface area contributed by atoms with Crippen molar-refractivity contribution < 1.29 is 0 Å². The molecular formula is C16H23ClIN3. The second kappa shape index (κ2) is 7.68. The summed E-state index contributed by atoms with van der Waals surface area (Å²) >= 11 is 6.18. The summed E-state index contributed by atoms with van der Waals surface area (Å²) in [7, 11) is 0. The summed E-state index contributed by atoms with van der Waals surface area (Å²) in [6.07, 6.45) is 6.19. The third-order valence-corrected chi connectivity index (χ3v) is 4.72. The molecule has 1 aliphatic carbocycles. The number of nitrogens with zero attached hydrogens (tertiary/aromatic N) is 1. The maximum Gasteiger partial charge on any atom is 0.191 e. The zero-order valence-corrected chi connectivity index (χ0v) is 15.3. The van der Waals surface area contributed by atoms with Gasteiger partial charge in [0.15, 0.2) is 5.96 Å². The van der Waals surface area contributed by atoms with Crippen molar-refractivity contribution in [2.75, 3.05) is 19.6 Å². The predicted octanol–water partition coefficient (Wildman–Crippen LogP) is 3.71. The highest BCUT2D eigenvalue weighted by Gasteiger charge is 2.35. The molecule has 1 fully saturated rings. The minimum Gasteiger partial charge on any atom is -0.356 e. The summed E-state index contributed by atoms with van der Waals surface area (Å²) in [5, 5.41) is 7.69. The fourth-order valence-corrected chi connectivity index (χ4v) is 3.53. The molecule has 3 nitrogen and oxygen atoms in total. The summed E-state index contributed by atoms with van der Waals surface area (Å²) in [5.41, 5.74) is 1.58. The first-order chi connectivity index (χ1) is 9.78. The Labute approximate surface area is 149 Å². The average Bonchev–Trinajstić information content (AvgIpc) is 2.96. The van der Waals surface area contributed by atoms with E-state index in [1.165, 1.54) is 31.2 Å². The fraction of sp³-hybridized carbons (Fsp3) is 0.562. The van der Waals surface area contributed by atoms with Crippen LogP contribution in [0.4, 0.5) is 0 Å². The lowest BCUT2D eigenvalue weighted by Crippen LogP contribution is -2.46. The number of halogens is 2. The SMILES string of the molecule is Clc1cccc(C2(CNC3=NCCCN3)CCCC2)c1.I. The first kappa shape index (κ1) is 16.9. The largest absolute Gasteiger partial charge is 0.356 e. The van der Waals surface area contributed by atoms with Crippen molar-refractivity contribution in [2.45, 2.75) is 37.5 Å².